The van der Waals surface area contributed by atoms with Gasteiger partial charge in [0.25, 0.3) is 0 Å². The predicted octanol–water partition coefficient (Wildman–Crippen LogP) is 3.49. The monoisotopic (exact) mass is 299 g/mol. The van der Waals surface area contributed by atoms with Crippen LogP contribution in [0.4, 0.5) is 0 Å². The molecule has 0 amide bonds. The summed E-state index contributed by atoms with van der Waals surface area (Å²) >= 11 is 0. The van der Waals surface area contributed by atoms with Gasteiger partial charge in [-0.05, 0) is 18.4 Å². The van der Waals surface area contributed by atoms with Gasteiger partial charge >= 0.3 is 5.97 Å². The molecule has 0 aliphatic heterocycles. The molecule has 0 spiro atoms. The van der Waals surface area contributed by atoms with Crippen LogP contribution in [0.1, 0.15) is 44.6 Å². The smallest absolute Gasteiger partial charge is 0.323 e. The van der Waals surface area contributed by atoms with Crippen molar-refractivity contribution in [1.82, 2.24) is 0 Å². The standard InChI is InChI=1S/C16H25NO2.ClH/c1-2-3-4-5-9-12-19-16(18)15(17)13-14-10-7-6-8-11-14;/h6-8,10-11,15H,2-5,9,12-13,17H2,1H3;1H/t15-;/m0./s1. The number of halogens is 1. The first-order valence-corrected chi connectivity index (χ1v) is 7.20. The van der Waals surface area contributed by atoms with E-state index in [-0.39, 0.29) is 18.4 Å². The van der Waals surface area contributed by atoms with Crippen molar-refractivity contribution >= 4 is 18.4 Å². The van der Waals surface area contributed by atoms with Crippen LogP contribution in [0.2, 0.25) is 0 Å². The number of benzene rings is 1. The first-order chi connectivity index (χ1) is 9.24. The zero-order valence-electron chi connectivity index (χ0n) is 12.2. The summed E-state index contributed by atoms with van der Waals surface area (Å²) in [6.45, 7) is 2.67. The minimum absolute atomic E-state index is 0. The van der Waals surface area contributed by atoms with Gasteiger partial charge in [0, 0.05) is 0 Å². The number of ether oxygens (including phenoxy) is 1. The van der Waals surface area contributed by atoms with Crippen molar-refractivity contribution in [3.63, 3.8) is 0 Å². The first-order valence-electron chi connectivity index (χ1n) is 7.20. The highest BCUT2D eigenvalue weighted by Crippen LogP contribution is 2.05. The number of hydrogen-bond acceptors (Lipinski definition) is 3. The highest BCUT2D eigenvalue weighted by Gasteiger charge is 2.15. The Hall–Kier alpha value is -1.06. The maximum atomic E-state index is 11.7. The van der Waals surface area contributed by atoms with E-state index in [9.17, 15) is 4.79 Å². The van der Waals surface area contributed by atoms with E-state index in [1.807, 2.05) is 30.3 Å². The molecule has 1 atom stereocenters. The Bertz CT molecular complexity index is 357. The van der Waals surface area contributed by atoms with E-state index in [1.165, 1.54) is 19.3 Å². The molecule has 0 aromatic heterocycles. The van der Waals surface area contributed by atoms with Gasteiger partial charge in [-0.25, -0.2) is 0 Å². The van der Waals surface area contributed by atoms with Crippen LogP contribution >= 0.6 is 12.4 Å². The van der Waals surface area contributed by atoms with Crippen molar-refractivity contribution < 1.29 is 9.53 Å². The topological polar surface area (TPSA) is 52.3 Å². The van der Waals surface area contributed by atoms with Gasteiger partial charge in [0.15, 0.2) is 0 Å². The van der Waals surface area contributed by atoms with Gasteiger partial charge in [0.05, 0.1) is 6.61 Å². The third-order valence-corrected chi connectivity index (χ3v) is 3.09. The second kappa shape index (κ2) is 11.7. The van der Waals surface area contributed by atoms with Gasteiger partial charge in [-0.3, -0.25) is 4.79 Å². The fourth-order valence-corrected chi connectivity index (χ4v) is 1.94. The Morgan fingerprint density at radius 2 is 1.80 bits per heavy atom. The van der Waals surface area contributed by atoms with Gasteiger partial charge in [0.2, 0.25) is 0 Å². The van der Waals surface area contributed by atoms with E-state index in [4.69, 9.17) is 10.5 Å². The molecular weight excluding hydrogens is 274 g/mol. The molecule has 4 heteroatoms. The summed E-state index contributed by atoms with van der Waals surface area (Å²) in [5.74, 6) is -0.292. The largest absolute Gasteiger partial charge is 0.465 e. The molecule has 0 fully saturated rings. The number of esters is 1. The minimum Gasteiger partial charge on any atom is -0.465 e. The Morgan fingerprint density at radius 1 is 1.15 bits per heavy atom. The highest BCUT2D eigenvalue weighted by atomic mass is 35.5. The summed E-state index contributed by atoms with van der Waals surface area (Å²) in [5, 5.41) is 0. The maximum absolute atomic E-state index is 11.7. The number of rotatable bonds is 9. The molecule has 0 saturated heterocycles. The van der Waals surface area contributed by atoms with Gasteiger partial charge < -0.3 is 10.5 Å². The lowest BCUT2D eigenvalue weighted by atomic mass is 10.1. The summed E-state index contributed by atoms with van der Waals surface area (Å²) in [5.41, 5.74) is 6.90. The number of unbranched alkanes of at least 4 members (excludes halogenated alkanes) is 4. The number of hydrogen-bond donors (Lipinski definition) is 1. The second-order valence-corrected chi connectivity index (χ2v) is 4.88. The summed E-state index contributed by atoms with van der Waals surface area (Å²) in [7, 11) is 0. The van der Waals surface area contributed by atoms with E-state index in [1.54, 1.807) is 0 Å². The van der Waals surface area contributed by atoms with E-state index in [0.29, 0.717) is 13.0 Å². The zero-order chi connectivity index (χ0) is 13.9. The van der Waals surface area contributed by atoms with E-state index < -0.39 is 6.04 Å². The molecule has 0 heterocycles. The molecule has 1 aromatic rings. The van der Waals surface area contributed by atoms with Crippen LogP contribution in [0, 0.1) is 0 Å². The molecular formula is C16H26ClNO2. The molecule has 0 radical (unpaired) electrons. The normalized spacial score (nSPS) is 11.5. The molecule has 1 aromatic carbocycles. The number of nitrogens with two attached hydrogens (primary N) is 1. The molecule has 20 heavy (non-hydrogen) atoms. The van der Waals surface area contributed by atoms with Gasteiger partial charge in [0.1, 0.15) is 6.04 Å². The summed E-state index contributed by atoms with van der Waals surface area (Å²) in [4.78, 5) is 11.7. The van der Waals surface area contributed by atoms with Crippen LogP contribution in [0.5, 0.6) is 0 Å². The number of carbonyl (C=O) groups is 1. The van der Waals surface area contributed by atoms with E-state index in [0.717, 1.165) is 18.4 Å². The summed E-state index contributed by atoms with van der Waals surface area (Å²) in [6.07, 6.45) is 6.28. The lowest BCUT2D eigenvalue weighted by molar-refractivity contribution is -0.145. The fraction of sp³-hybridized carbons (Fsp3) is 0.562. The summed E-state index contributed by atoms with van der Waals surface area (Å²) < 4.78 is 5.19. The average Bonchev–Trinajstić information content (AvgIpc) is 2.43. The molecule has 1 rings (SSSR count). The molecule has 2 N–H and O–H groups in total. The Morgan fingerprint density at radius 3 is 2.45 bits per heavy atom. The third kappa shape index (κ3) is 8.18. The summed E-state index contributed by atoms with van der Waals surface area (Å²) in [6, 6.07) is 9.22. The lowest BCUT2D eigenvalue weighted by Gasteiger charge is -2.11. The first kappa shape index (κ1) is 18.9. The van der Waals surface area contributed by atoms with Crippen LogP contribution in [-0.2, 0) is 16.0 Å². The average molecular weight is 300 g/mol. The molecule has 0 aliphatic carbocycles. The molecule has 114 valence electrons. The van der Waals surface area contributed by atoms with E-state index in [2.05, 4.69) is 6.92 Å². The predicted molar refractivity (Wildman–Crippen MR) is 85.1 cm³/mol. The Labute approximate surface area is 128 Å². The van der Waals surface area contributed by atoms with Crippen LogP contribution in [-0.4, -0.2) is 18.6 Å². The van der Waals surface area contributed by atoms with Gasteiger partial charge in [-0.2, -0.15) is 0 Å². The van der Waals surface area contributed by atoms with Crippen LogP contribution < -0.4 is 5.73 Å². The van der Waals surface area contributed by atoms with Gasteiger partial charge in [-0.15, -0.1) is 12.4 Å². The van der Waals surface area contributed by atoms with Crippen molar-refractivity contribution in [1.29, 1.82) is 0 Å². The molecule has 0 saturated carbocycles. The number of carbonyl (C=O) groups excluding carboxylic acids is 1. The Balaban J connectivity index is 0.00000361. The molecule has 0 unspecified atom stereocenters. The zero-order valence-corrected chi connectivity index (χ0v) is 13.0. The van der Waals surface area contributed by atoms with Crippen molar-refractivity contribution in [2.45, 2.75) is 51.5 Å². The Kier molecular flexibility index (Phi) is 11.1. The van der Waals surface area contributed by atoms with E-state index >= 15 is 0 Å². The lowest BCUT2D eigenvalue weighted by Crippen LogP contribution is -2.34. The van der Waals surface area contributed by atoms with Gasteiger partial charge in [-0.1, -0.05) is 62.9 Å². The van der Waals surface area contributed by atoms with Crippen molar-refractivity contribution in [3.05, 3.63) is 35.9 Å². The van der Waals surface area contributed by atoms with Crippen LogP contribution in [0.3, 0.4) is 0 Å². The molecule has 0 aliphatic rings. The minimum atomic E-state index is -0.557. The fourth-order valence-electron chi connectivity index (χ4n) is 1.94. The van der Waals surface area contributed by atoms with Crippen LogP contribution in [0.25, 0.3) is 0 Å². The molecule has 0 bridgehead atoms. The highest BCUT2D eigenvalue weighted by molar-refractivity contribution is 5.85. The third-order valence-electron chi connectivity index (χ3n) is 3.09. The quantitative estimate of drug-likeness (QED) is 0.561. The maximum Gasteiger partial charge on any atom is 0.323 e. The van der Waals surface area contributed by atoms with Crippen molar-refractivity contribution in [3.8, 4) is 0 Å². The van der Waals surface area contributed by atoms with Crippen molar-refractivity contribution in [2.24, 2.45) is 5.73 Å². The van der Waals surface area contributed by atoms with Crippen LogP contribution in [0.15, 0.2) is 30.3 Å². The van der Waals surface area contributed by atoms with Crippen molar-refractivity contribution in [2.75, 3.05) is 6.61 Å². The second-order valence-electron chi connectivity index (χ2n) is 4.88. The SMILES string of the molecule is CCCCCCCOC(=O)[C@@H](N)Cc1ccccc1.Cl. The molecule has 3 nitrogen and oxygen atoms in total.